The highest BCUT2D eigenvalue weighted by Crippen LogP contribution is 2.25. The van der Waals surface area contributed by atoms with Gasteiger partial charge in [-0.25, -0.2) is 0 Å². The number of hydrogen-bond donors (Lipinski definition) is 4. The molecule has 0 aromatic heterocycles. The maximum Gasteiger partial charge on any atom is 0.223 e. The van der Waals surface area contributed by atoms with E-state index >= 15 is 0 Å². The van der Waals surface area contributed by atoms with Crippen LogP contribution < -0.4 is 14.8 Å². The Balaban J connectivity index is 2.17. The molecular weight excluding hydrogens is 306 g/mol. The molecule has 1 fully saturated rings. The van der Waals surface area contributed by atoms with E-state index in [1.165, 1.54) is 14.0 Å². The maximum atomic E-state index is 11.3. The molecule has 1 aliphatic rings. The summed E-state index contributed by atoms with van der Waals surface area (Å²) in [6, 6.07) is 5.66. The number of rotatable bonds is 5. The SMILES string of the molecule is COc1ccc(O[C@H]2O[C@@H](CO)[C@@H](O)[C@@H](O)[C@H]2NC(C)=O)cc1. The van der Waals surface area contributed by atoms with Crippen molar-refractivity contribution in [3.63, 3.8) is 0 Å². The number of aliphatic hydroxyl groups excluding tert-OH is 3. The zero-order chi connectivity index (χ0) is 17.0. The third-order valence-electron chi connectivity index (χ3n) is 3.56. The van der Waals surface area contributed by atoms with Gasteiger partial charge in [0.05, 0.1) is 13.7 Å². The summed E-state index contributed by atoms with van der Waals surface area (Å²) in [7, 11) is 1.54. The quantitative estimate of drug-likeness (QED) is 0.549. The highest BCUT2D eigenvalue weighted by Gasteiger charge is 2.46. The molecule has 1 aromatic carbocycles. The Morgan fingerprint density at radius 2 is 1.83 bits per heavy atom. The van der Waals surface area contributed by atoms with Gasteiger partial charge in [0.1, 0.15) is 35.9 Å². The summed E-state index contributed by atoms with van der Waals surface area (Å²) in [5.74, 6) is 0.658. The Morgan fingerprint density at radius 3 is 2.35 bits per heavy atom. The molecule has 1 aliphatic heterocycles. The number of nitrogens with one attached hydrogen (secondary N) is 1. The molecule has 1 amide bonds. The zero-order valence-electron chi connectivity index (χ0n) is 12.9. The molecule has 0 bridgehead atoms. The largest absolute Gasteiger partial charge is 0.497 e. The van der Waals surface area contributed by atoms with E-state index in [9.17, 15) is 20.1 Å². The van der Waals surface area contributed by atoms with Crippen molar-refractivity contribution in [2.75, 3.05) is 13.7 Å². The number of carbonyl (C=O) groups is 1. The number of aliphatic hydroxyl groups is 3. The van der Waals surface area contributed by atoms with E-state index in [1.807, 2.05) is 0 Å². The van der Waals surface area contributed by atoms with Gasteiger partial charge in [0.15, 0.2) is 0 Å². The smallest absolute Gasteiger partial charge is 0.223 e. The molecule has 8 heteroatoms. The van der Waals surface area contributed by atoms with Crippen molar-refractivity contribution in [2.24, 2.45) is 0 Å². The number of amides is 1. The van der Waals surface area contributed by atoms with E-state index in [4.69, 9.17) is 14.2 Å². The molecule has 4 N–H and O–H groups in total. The summed E-state index contributed by atoms with van der Waals surface area (Å²) in [6.07, 6.45) is -4.76. The Morgan fingerprint density at radius 1 is 1.22 bits per heavy atom. The fourth-order valence-corrected chi connectivity index (χ4v) is 2.36. The summed E-state index contributed by atoms with van der Waals surface area (Å²) in [4.78, 5) is 11.3. The standard InChI is InChI=1S/C15H21NO7/c1-8(18)16-12-14(20)13(19)11(7-17)23-15(12)22-10-5-3-9(21-2)4-6-10/h3-6,11-15,17,19-20H,7H2,1-2H3,(H,16,18)/t11-,12+,13+,14-,15-/m0/s1. The van der Waals surface area contributed by atoms with Crippen molar-refractivity contribution >= 4 is 5.91 Å². The monoisotopic (exact) mass is 327 g/mol. The zero-order valence-corrected chi connectivity index (χ0v) is 12.9. The normalized spacial score (nSPS) is 30.6. The van der Waals surface area contributed by atoms with E-state index in [-0.39, 0.29) is 0 Å². The molecular formula is C15H21NO7. The second kappa shape index (κ2) is 7.60. The van der Waals surface area contributed by atoms with E-state index < -0.39 is 43.2 Å². The maximum absolute atomic E-state index is 11.3. The molecule has 128 valence electrons. The number of carbonyl (C=O) groups excluding carboxylic acids is 1. The van der Waals surface area contributed by atoms with Crippen LogP contribution in [0.5, 0.6) is 11.5 Å². The first-order chi connectivity index (χ1) is 11.0. The molecule has 0 spiro atoms. The van der Waals surface area contributed by atoms with Gasteiger partial charge in [0.2, 0.25) is 12.2 Å². The molecule has 0 unspecified atom stereocenters. The molecule has 1 aromatic rings. The first-order valence-corrected chi connectivity index (χ1v) is 7.16. The van der Waals surface area contributed by atoms with Crippen LogP contribution in [-0.4, -0.2) is 65.6 Å². The van der Waals surface area contributed by atoms with E-state index in [1.54, 1.807) is 24.3 Å². The van der Waals surface area contributed by atoms with Crippen molar-refractivity contribution in [1.82, 2.24) is 5.32 Å². The Bertz CT molecular complexity index is 521. The van der Waals surface area contributed by atoms with Crippen molar-refractivity contribution < 1.29 is 34.3 Å². The van der Waals surface area contributed by atoms with Gasteiger partial charge in [0.25, 0.3) is 0 Å². The lowest BCUT2D eigenvalue weighted by atomic mass is 9.97. The minimum Gasteiger partial charge on any atom is -0.497 e. The van der Waals surface area contributed by atoms with Gasteiger partial charge in [-0.1, -0.05) is 0 Å². The molecule has 1 saturated heterocycles. The van der Waals surface area contributed by atoms with Gasteiger partial charge < -0.3 is 34.8 Å². The van der Waals surface area contributed by atoms with Crippen LogP contribution in [0.2, 0.25) is 0 Å². The second-order valence-electron chi connectivity index (χ2n) is 5.23. The number of benzene rings is 1. The van der Waals surface area contributed by atoms with Gasteiger partial charge in [0, 0.05) is 6.92 Å². The van der Waals surface area contributed by atoms with Gasteiger partial charge >= 0.3 is 0 Å². The molecule has 5 atom stereocenters. The lowest BCUT2D eigenvalue weighted by Gasteiger charge is -2.42. The summed E-state index contributed by atoms with van der Waals surface area (Å²) >= 11 is 0. The van der Waals surface area contributed by atoms with Crippen molar-refractivity contribution in [1.29, 1.82) is 0 Å². The number of hydrogen-bond acceptors (Lipinski definition) is 7. The van der Waals surface area contributed by atoms with Crippen LogP contribution in [0.4, 0.5) is 0 Å². The molecule has 2 rings (SSSR count). The average molecular weight is 327 g/mol. The summed E-state index contributed by atoms with van der Waals surface area (Å²) < 4.78 is 16.2. The minimum absolute atomic E-state index is 0.407. The summed E-state index contributed by atoms with van der Waals surface area (Å²) in [5.41, 5.74) is 0. The first-order valence-electron chi connectivity index (χ1n) is 7.16. The molecule has 0 radical (unpaired) electrons. The Labute approximate surface area is 133 Å². The van der Waals surface area contributed by atoms with Crippen LogP contribution in [0.25, 0.3) is 0 Å². The third-order valence-corrected chi connectivity index (χ3v) is 3.56. The van der Waals surface area contributed by atoms with Crippen LogP contribution in [0.3, 0.4) is 0 Å². The molecule has 0 aliphatic carbocycles. The molecule has 1 heterocycles. The van der Waals surface area contributed by atoms with Crippen LogP contribution in [-0.2, 0) is 9.53 Å². The van der Waals surface area contributed by atoms with Gasteiger partial charge in [-0.3, -0.25) is 4.79 Å². The van der Waals surface area contributed by atoms with Gasteiger partial charge in [-0.05, 0) is 24.3 Å². The predicted molar refractivity (Wildman–Crippen MR) is 79.0 cm³/mol. The van der Waals surface area contributed by atoms with Crippen molar-refractivity contribution in [3.05, 3.63) is 24.3 Å². The number of methoxy groups -OCH3 is 1. The highest BCUT2D eigenvalue weighted by atomic mass is 16.7. The van der Waals surface area contributed by atoms with E-state index in [2.05, 4.69) is 5.32 Å². The minimum atomic E-state index is -1.34. The second-order valence-corrected chi connectivity index (χ2v) is 5.23. The predicted octanol–water partition coefficient (Wildman–Crippen LogP) is -0.982. The third kappa shape index (κ3) is 4.11. The average Bonchev–Trinajstić information content (AvgIpc) is 2.54. The first kappa shape index (κ1) is 17.5. The fraction of sp³-hybridized carbons (Fsp3) is 0.533. The van der Waals surface area contributed by atoms with Crippen LogP contribution in [0, 0.1) is 0 Å². The highest BCUT2D eigenvalue weighted by molar-refractivity contribution is 5.73. The Kier molecular flexibility index (Phi) is 5.78. The summed E-state index contributed by atoms with van der Waals surface area (Å²) in [6.45, 7) is 0.787. The lowest BCUT2D eigenvalue weighted by Crippen LogP contribution is -2.65. The lowest BCUT2D eigenvalue weighted by molar-refractivity contribution is -0.244. The molecule has 23 heavy (non-hydrogen) atoms. The fourth-order valence-electron chi connectivity index (χ4n) is 2.36. The van der Waals surface area contributed by atoms with E-state index in [0.717, 1.165) is 0 Å². The number of ether oxygens (including phenoxy) is 3. The van der Waals surface area contributed by atoms with Crippen molar-refractivity contribution in [2.45, 2.75) is 37.6 Å². The molecule has 0 saturated carbocycles. The Hall–Kier alpha value is -1.87. The van der Waals surface area contributed by atoms with Gasteiger partial charge in [-0.15, -0.1) is 0 Å². The van der Waals surface area contributed by atoms with Crippen LogP contribution in [0.15, 0.2) is 24.3 Å². The van der Waals surface area contributed by atoms with Crippen molar-refractivity contribution in [3.8, 4) is 11.5 Å². The molecule has 8 nitrogen and oxygen atoms in total. The summed E-state index contributed by atoms with van der Waals surface area (Å²) in [5, 5.41) is 31.8. The van der Waals surface area contributed by atoms with Gasteiger partial charge in [-0.2, -0.15) is 0 Å². The van der Waals surface area contributed by atoms with Crippen LogP contribution >= 0.6 is 0 Å². The van der Waals surface area contributed by atoms with E-state index in [0.29, 0.717) is 11.5 Å². The van der Waals surface area contributed by atoms with Crippen LogP contribution in [0.1, 0.15) is 6.92 Å². The topological polar surface area (TPSA) is 117 Å².